The molecule has 1 fully saturated rings. The van der Waals surface area contributed by atoms with Crippen LogP contribution in [0, 0.1) is 6.92 Å². The smallest absolute Gasteiger partial charge is 0.254 e. The lowest BCUT2D eigenvalue weighted by atomic mass is 9.93. The van der Waals surface area contributed by atoms with Crippen LogP contribution in [0.4, 0.5) is 0 Å². The van der Waals surface area contributed by atoms with E-state index < -0.39 is 0 Å². The lowest BCUT2D eigenvalue weighted by molar-refractivity contribution is 0.0641. The molecule has 0 aliphatic heterocycles. The highest BCUT2D eigenvalue weighted by Gasteiger charge is 2.25. The molecule has 4 nitrogen and oxygen atoms in total. The van der Waals surface area contributed by atoms with E-state index in [1.54, 1.807) is 12.3 Å². The Balaban J connectivity index is 2.15. The second-order valence-corrected chi connectivity index (χ2v) is 5.26. The molecule has 2 N–H and O–H groups in total. The number of pyridine rings is 1. The summed E-state index contributed by atoms with van der Waals surface area (Å²) < 4.78 is 0. The number of carbonyl (C=O) groups excluding carboxylic acids is 1. The van der Waals surface area contributed by atoms with Crippen LogP contribution in [0.1, 0.15) is 48.2 Å². The fourth-order valence-corrected chi connectivity index (χ4v) is 2.83. The normalized spacial score (nSPS) is 16.3. The van der Waals surface area contributed by atoms with E-state index in [0.29, 0.717) is 19.1 Å². The van der Waals surface area contributed by atoms with Crippen molar-refractivity contribution in [2.75, 3.05) is 13.1 Å². The molecule has 4 heteroatoms. The highest BCUT2D eigenvalue weighted by molar-refractivity contribution is 5.94. The number of rotatable bonds is 4. The summed E-state index contributed by atoms with van der Waals surface area (Å²) >= 11 is 0. The Morgan fingerprint density at radius 2 is 2.16 bits per heavy atom. The predicted octanol–water partition coefficient (Wildman–Crippen LogP) is 2.12. The van der Waals surface area contributed by atoms with Gasteiger partial charge in [0.1, 0.15) is 0 Å². The van der Waals surface area contributed by atoms with Crippen molar-refractivity contribution in [2.24, 2.45) is 5.73 Å². The summed E-state index contributed by atoms with van der Waals surface area (Å²) in [4.78, 5) is 18.7. The monoisotopic (exact) mass is 261 g/mol. The van der Waals surface area contributed by atoms with Crippen LogP contribution < -0.4 is 5.73 Å². The molecule has 1 aliphatic carbocycles. The zero-order valence-electron chi connectivity index (χ0n) is 11.6. The van der Waals surface area contributed by atoms with Crippen molar-refractivity contribution in [1.29, 1.82) is 0 Å². The molecule has 1 aromatic heterocycles. The largest absolute Gasteiger partial charge is 0.334 e. The van der Waals surface area contributed by atoms with Gasteiger partial charge in [-0.3, -0.25) is 9.78 Å². The highest BCUT2D eigenvalue weighted by atomic mass is 16.2. The van der Waals surface area contributed by atoms with Crippen molar-refractivity contribution in [3.05, 3.63) is 29.6 Å². The first-order chi connectivity index (χ1) is 9.22. The van der Waals surface area contributed by atoms with E-state index in [2.05, 4.69) is 4.98 Å². The number of nitrogens with two attached hydrogens (primary N) is 1. The standard InChI is InChI=1S/C15H23N3O/c1-12-11-13(7-9-17-12)15(19)18(10-8-16)14-5-3-2-4-6-14/h7,9,11,14H,2-6,8,10,16H2,1H3. The topological polar surface area (TPSA) is 59.2 Å². The Morgan fingerprint density at radius 3 is 2.79 bits per heavy atom. The van der Waals surface area contributed by atoms with Crippen molar-refractivity contribution < 1.29 is 4.79 Å². The van der Waals surface area contributed by atoms with Gasteiger partial charge in [-0.2, -0.15) is 0 Å². The first-order valence-corrected chi connectivity index (χ1v) is 7.16. The molecule has 2 rings (SSSR count). The average molecular weight is 261 g/mol. The van der Waals surface area contributed by atoms with Crippen LogP contribution in [-0.2, 0) is 0 Å². The van der Waals surface area contributed by atoms with Gasteiger partial charge >= 0.3 is 0 Å². The summed E-state index contributed by atoms with van der Waals surface area (Å²) in [6.07, 6.45) is 7.63. The molecule has 0 unspecified atom stereocenters. The number of nitrogens with zero attached hydrogens (tertiary/aromatic N) is 2. The van der Waals surface area contributed by atoms with Crippen LogP contribution in [0.3, 0.4) is 0 Å². The van der Waals surface area contributed by atoms with E-state index in [0.717, 1.165) is 24.1 Å². The zero-order valence-corrected chi connectivity index (χ0v) is 11.6. The first kappa shape index (κ1) is 14.0. The SMILES string of the molecule is Cc1cc(C(=O)N(CCN)C2CCCCC2)ccn1. The summed E-state index contributed by atoms with van der Waals surface area (Å²) in [5, 5.41) is 0. The Bertz CT molecular complexity index is 427. The van der Waals surface area contributed by atoms with Crippen molar-refractivity contribution in [2.45, 2.75) is 45.1 Å². The van der Waals surface area contributed by atoms with Crippen LogP contribution >= 0.6 is 0 Å². The Morgan fingerprint density at radius 1 is 1.42 bits per heavy atom. The van der Waals surface area contributed by atoms with Gasteiger partial charge in [0.05, 0.1) is 0 Å². The second kappa shape index (κ2) is 6.66. The quantitative estimate of drug-likeness (QED) is 0.903. The fraction of sp³-hybridized carbons (Fsp3) is 0.600. The van der Waals surface area contributed by atoms with Gasteiger partial charge in [0.25, 0.3) is 5.91 Å². The summed E-state index contributed by atoms with van der Waals surface area (Å²) in [5.74, 6) is 0.0999. The van der Waals surface area contributed by atoms with Crippen LogP contribution in [-0.4, -0.2) is 34.9 Å². The van der Waals surface area contributed by atoms with Gasteiger partial charge in [0.2, 0.25) is 0 Å². The van der Waals surface area contributed by atoms with Crippen molar-refractivity contribution >= 4 is 5.91 Å². The fourth-order valence-electron chi connectivity index (χ4n) is 2.83. The number of hydrogen-bond donors (Lipinski definition) is 1. The Hall–Kier alpha value is -1.42. The molecule has 1 saturated carbocycles. The lowest BCUT2D eigenvalue weighted by Crippen LogP contribution is -2.44. The van der Waals surface area contributed by atoms with Crippen LogP contribution in [0.15, 0.2) is 18.3 Å². The number of amides is 1. The van der Waals surface area contributed by atoms with E-state index in [9.17, 15) is 4.79 Å². The molecule has 0 spiro atoms. The lowest BCUT2D eigenvalue weighted by Gasteiger charge is -2.34. The second-order valence-electron chi connectivity index (χ2n) is 5.26. The molecule has 0 radical (unpaired) electrons. The van der Waals surface area contributed by atoms with E-state index in [4.69, 9.17) is 5.73 Å². The Labute approximate surface area is 115 Å². The van der Waals surface area contributed by atoms with Gasteiger partial charge in [-0.05, 0) is 31.9 Å². The van der Waals surface area contributed by atoms with Crippen molar-refractivity contribution in [1.82, 2.24) is 9.88 Å². The average Bonchev–Trinajstić information content (AvgIpc) is 2.45. The molecule has 104 valence electrons. The maximum Gasteiger partial charge on any atom is 0.254 e. The van der Waals surface area contributed by atoms with E-state index in [1.165, 1.54) is 19.3 Å². The summed E-state index contributed by atoms with van der Waals surface area (Å²) in [7, 11) is 0. The zero-order chi connectivity index (χ0) is 13.7. The van der Waals surface area contributed by atoms with Crippen LogP contribution in [0.2, 0.25) is 0 Å². The van der Waals surface area contributed by atoms with Gasteiger partial charge in [0, 0.05) is 36.6 Å². The molecule has 0 aromatic carbocycles. The molecule has 0 bridgehead atoms. The van der Waals surface area contributed by atoms with Crippen molar-refractivity contribution in [3.8, 4) is 0 Å². The predicted molar refractivity (Wildman–Crippen MR) is 75.9 cm³/mol. The molecule has 0 atom stereocenters. The van der Waals surface area contributed by atoms with Crippen LogP contribution in [0.25, 0.3) is 0 Å². The highest BCUT2D eigenvalue weighted by Crippen LogP contribution is 2.23. The molecule has 0 saturated heterocycles. The molecular weight excluding hydrogens is 238 g/mol. The van der Waals surface area contributed by atoms with E-state index in [-0.39, 0.29) is 5.91 Å². The molecule has 1 amide bonds. The number of carbonyl (C=O) groups is 1. The van der Waals surface area contributed by atoms with E-state index in [1.807, 2.05) is 17.9 Å². The third kappa shape index (κ3) is 3.53. The number of aryl methyl sites for hydroxylation is 1. The third-order valence-electron chi connectivity index (χ3n) is 3.79. The maximum absolute atomic E-state index is 12.6. The van der Waals surface area contributed by atoms with Gasteiger partial charge in [-0.1, -0.05) is 19.3 Å². The first-order valence-electron chi connectivity index (χ1n) is 7.16. The maximum atomic E-state index is 12.6. The minimum atomic E-state index is 0.0999. The third-order valence-corrected chi connectivity index (χ3v) is 3.79. The molecule has 1 aromatic rings. The number of hydrogen-bond acceptors (Lipinski definition) is 3. The van der Waals surface area contributed by atoms with Gasteiger partial charge in [-0.25, -0.2) is 0 Å². The minimum Gasteiger partial charge on any atom is -0.334 e. The van der Waals surface area contributed by atoms with Gasteiger partial charge < -0.3 is 10.6 Å². The van der Waals surface area contributed by atoms with Crippen molar-refractivity contribution in [3.63, 3.8) is 0 Å². The van der Waals surface area contributed by atoms with Crippen LogP contribution in [0.5, 0.6) is 0 Å². The summed E-state index contributed by atoms with van der Waals surface area (Å²) in [6.45, 7) is 3.07. The molecule has 1 heterocycles. The Kier molecular flexibility index (Phi) is 4.91. The summed E-state index contributed by atoms with van der Waals surface area (Å²) in [6, 6.07) is 4.01. The van der Waals surface area contributed by atoms with Gasteiger partial charge in [0.15, 0.2) is 0 Å². The molecule has 19 heavy (non-hydrogen) atoms. The minimum absolute atomic E-state index is 0.0999. The van der Waals surface area contributed by atoms with Gasteiger partial charge in [-0.15, -0.1) is 0 Å². The molecule has 1 aliphatic rings. The molecular formula is C15H23N3O. The summed E-state index contributed by atoms with van der Waals surface area (Å²) in [5.41, 5.74) is 7.28. The van der Waals surface area contributed by atoms with E-state index >= 15 is 0 Å². The number of aromatic nitrogens is 1.